The van der Waals surface area contributed by atoms with Crippen molar-refractivity contribution in [1.82, 2.24) is 10.2 Å². The van der Waals surface area contributed by atoms with E-state index in [-0.39, 0.29) is 17.7 Å². The van der Waals surface area contributed by atoms with E-state index in [4.69, 9.17) is 0 Å². The third-order valence-electron chi connectivity index (χ3n) is 6.06. The SMILES string of the molecule is CC(C)[C@H](NC(=O)Cc1ccccc1)C(=O)N1CC[C@@H]2CCCC[C@@H]2C1. The van der Waals surface area contributed by atoms with Gasteiger partial charge in [0.25, 0.3) is 0 Å². The topological polar surface area (TPSA) is 49.4 Å². The second-order valence-electron chi connectivity index (χ2n) is 8.33. The fourth-order valence-corrected chi connectivity index (χ4v) is 4.52. The van der Waals surface area contributed by atoms with Gasteiger partial charge in [-0.2, -0.15) is 0 Å². The quantitative estimate of drug-likeness (QED) is 0.879. The second kappa shape index (κ2) is 8.70. The molecule has 1 saturated heterocycles. The van der Waals surface area contributed by atoms with Crippen molar-refractivity contribution in [3.63, 3.8) is 0 Å². The van der Waals surface area contributed by atoms with Crippen LogP contribution < -0.4 is 5.32 Å². The van der Waals surface area contributed by atoms with Gasteiger partial charge in [-0.05, 0) is 36.2 Å². The van der Waals surface area contributed by atoms with Gasteiger partial charge in [-0.15, -0.1) is 0 Å². The van der Waals surface area contributed by atoms with Crippen molar-refractivity contribution in [2.75, 3.05) is 13.1 Å². The molecule has 1 aromatic carbocycles. The molecule has 1 heterocycles. The zero-order valence-electron chi connectivity index (χ0n) is 16.1. The zero-order valence-corrected chi connectivity index (χ0v) is 16.1. The molecule has 1 saturated carbocycles. The first-order valence-electron chi connectivity index (χ1n) is 10.2. The van der Waals surface area contributed by atoms with Crippen molar-refractivity contribution in [3.05, 3.63) is 35.9 Å². The molecule has 1 aromatic rings. The van der Waals surface area contributed by atoms with Crippen LogP contribution in [0.1, 0.15) is 51.5 Å². The van der Waals surface area contributed by atoms with E-state index in [0.29, 0.717) is 12.3 Å². The average Bonchev–Trinajstić information content (AvgIpc) is 2.65. The van der Waals surface area contributed by atoms with Gasteiger partial charge in [-0.25, -0.2) is 0 Å². The van der Waals surface area contributed by atoms with E-state index in [2.05, 4.69) is 5.32 Å². The van der Waals surface area contributed by atoms with Gasteiger partial charge < -0.3 is 10.2 Å². The van der Waals surface area contributed by atoms with E-state index < -0.39 is 6.04 Å². The van der Waals surface area contributed by atoms with Crippen LogP contribution in [0.15, 0.2) is 30.3 Å². The molecule has 1 N–H and O–H groups in total. The predicted octanol–water partition coefficient (Wildman–Crippen LogP) is 3.41. The van der Waals surface area contributed by atoms with E-state index in [1.165, 1.54) is 25.7 Å². The lowest BCUT2D eigenvalue weighted by molar-refractivity contribution is -0.140. The summed E-state index contributed by atoms with van der Waals surface area (Å²) in [7, 11) is 0. The highest BCUT2D eigenvalue weighted by atomic mass is 16.2. The maximum atomic E-state index is 13.1. The third kappa shape index (κ3) is 4.66. The van der Waals surface area contributed by atoms with Gasteiger partial charge in [0.15, 0.2) is 0 Å². The normalized spacial score (nSPS) is 24.0. The van der Waals surface area contributed by atoms with Gasteiger partial charge in [-0.3, -0.25) is 9.59 Å². The molecule has 1 aliphatic carbocycles. The first-order chi connectivity index (χ1) is 12.5. The maximum Gasteiger partial charge on any atom is 0.245 e. The Morgan fingerprint density at radius 2 is 1.77 bits per heavy atom. The number of piperidine rings is 1. The molecule has 1 aliphatic heterocycles. The highest BCUT2D eigenvalue weighted by molar-refractivity contribution is 5.88. The van der Waals surface area contributed by atoms with E-state index >= 15 is 0 Å². The Labute approximate surface area is 157 Å². The minimum absolute atomic E-state index is 0.0733. The number of amides is 2. The first kappa shape index (κ1) is 18.9. The molecule has 2 fully saturated rings. The summed E-state index contributed by atoms with van der Waals surface area (Å²) < 4.78 is 0. The van der Waals surface area contributed by atoms with E-state index in [0.717, 1.165) is 31.0 Å². The van der Waals surface area contributed by atoms with Crippen molar-refractivity contribution >= 4 is 11.8 Å². The molecular formula is C22H32N2O2. The Hall–Kier alpha value is -1.84. The fraction of sp³-hybridized carbons (Fsp3) is 0.636. The van der Waals surface area contributed by atoms with Gasteiger partial charge in [0.05, 0.1) is 6.42 Å². The molecule has 3 rings (SSSR count). The van der Waals surface area contributed by atoms with Gasteiger partial charge in [-0.1, -0.05) is 63.4 Å². The summed E-state index contributed by atoms with van der Waals surface area (Å²) in [6, 6.07) is 9.27. The number of benzene rings is 1. The Bertz CT molecular complexity index is 614. The number of nitrogens with one attached hydrogen (secondary N) is 1. The van der Waals surface area contributed by atoms with Gasteiger partial charge in [0.2, 0.25) is 11.8 Å². The Kier molecular flexibility index (Phi) is 6.33. The number of hydrogen-bond acceptors (Lipinski definition) is 2. The molecule has 142 valence electrons. The smallest absolute Gasteiger partial charge is 0.245 e. The van der Waals surface area contributed by atoms with E-state index in [1.54, 1.807) is 0 Å². The highest BCUT2D eigenvalue weighted by Crippen LogP contribution is 2.36. The number of fused-ring (bicyclic) bond motifs is 1. The highest BCUT2D eigenvalue weighted by Gasteiger charge is 2.36. The summed E-state index contributed by atoms with van der Waals surface area (Å²) in [5, 5.41) is 3.00. The summed E-state index contributed by atoms with van der Waals surface area (Å²) in [5.41, 5.74) is 0.975. The number of nitrogens with zero attached hydrogens (tertiary/aromatic N) is 1. The van der Waals surface area contributed by atoms with Crippen LogP contribution >= 0.6 is 0 Å². The monoisotopic (exact) mass is 356 g/mol. The molecule has 0 bridgehead atoms. The third-order valence-corrected chi connectivity index (χ3v) is 6.06. The van der Waals surface area contributed by atoms with Crippen LogP contribution in [0.5, 0.6) is 0 Å². The lowest BCUT2D eigenvalue weighted by Gasteiger charge is -2.42. The summed E-state index contributed by atoms with van der Waals surface area (Å²) >= 11 is 0. The molecule has 0 aromatic heterocycles. The van der Waals surface area contributed by atoms with Crippen LogP contribution in [0.4, 0.5) is 0 Å². The van der Waals surface area contributed by atoms with Gasteiger partial charge >= 0.3 is 0 Å². The summed E-state index contributed by atoms with van der Waals surface area (Å²) in [6.07, 6.45) is 6.67. The van der Waals surface area contributed by atoms with Crippen molar-refractivity contribution in [2.24, 2.45) is 17.8 Å². The molecule has 2 aliphatic rings. The number of rotatable bonds is 5. The van der Waals surface area contributed by atoms with Crippen LogP contribution in [0.3, 0.4) is 0 Å². The van der Waals surface area contributed by atoms with Crippen LogP contribution in [-0.2, 0) is 16.0 Å². The molecule has 0 radical (unpaired) electrons. The Morgan fingerprint density at radius 3 is 2.46 bits per heavy atom. The van der Waals surface area contributed by atoms with Crippen LogP contribution in [-0.4, -0.2) is 35.8 Å². The van der Waals surface area contributed by atoms with Crippen LogP contribution in [0.25, 0.3) is 0 Å². The molecule has 26 heavy (non-hydrogen) atoms. The standard InChI is InChI=1S/C22H32N2O2/c1-16(2)21(23-20(25)14-17-8-4-3-5-9-17)22(26)24-13-12-18-10-6-7-11-19(18)15-24/h3-5,8-9,16,18-19,21H,6-7,10-15H2,1-2H3,(H,23,25)/t18-,19+,21-/m0/s1. The van der Waals surface area contributed by atoms with E-state index in [9.17, 15) is 9.59 Å². The predicted molar refractivity (Wildman–Crippen MR) is 104 cm³/mol. The minimum atomic E-state index is -0.425. The minimum Gasteiger partial charge on any atom is -0.344 e. The fourth-order valence-electron chi connectivity index (χ4n) is 4.52. The Balaban J connectivity index is 1.60. The van der Waals surface area contributed by atoms with Crippen LogP contribution in [0.2, 0.25) is 0 Å². The number of hydrogen-bond donors (Lipinski definition) is 1. The Morgan fingerprint density at radius 1 is 1.08 bits per heavy atom. The number of carbonyl (C=O) groups is 2. The summed E-state index contributed by atoms with van der Waals surface area (Å²) in [5.74, 6) is 1.58. The second-order valence-corrected chi connectivity index (χ2v) is 8.33. The maximum absolute atomic E-state index is 13.1. The molecule has 0 unspecified atom stereocenters. The number of likely N-dealkylation sites (tertiary alicyclic amines) is 1. The molecule has 2 amide bonds. The lowest BCUT2D eigenvalue weighted by Crippen LogP contribution is -2.55. The lowest BCUT2D eigenvalue weighted by atomic mass is 9.75. The summed E-state index contributed by atoms with van der Waals surface area (Å²) in [4.78, 5) is 27.6. The van der Waals surface area contributed by atoms with Crippen molar-refractivity contribution in [3.8, 4) is 0 Å². The van der Waals surface area contributed by atoms with Gasteiger partial charge in [0.1, 0.15) is 6.04 Å². The van der Waals surface area contributed by atoms with Crippen LogP contribution in [0, 0.1) is 17.8 Å². The van der Waals surface area contributed by atoms with Crippen molar-refractivity contribution < 1.29 is 9.59 Å². The molecule has 0 spiro atoms. The molecule has 4 nitrogen and oxygen atoms in total. The van der Waals surface area contributed by atoms with Gasteiger partial charge in [0, 0.05) is 13.1 Å². The zero-order chi connectivity index (χ0) is 18.5. The summed E-state index contributed by atoms with van der Waals surface area (Å²) in [6.45, 7) is 5.75. The first-order valence-corrected chi connectivity index (χ1v) is 10.2. The van der Waals surface area contributed by atoms with Crippen molar-refractivity contribution in [1.29, 1.82) is 0 Å². The average molecular weight is 357 g/mol. The van der Waals surface area contributed by atoms with Crippen molar-refractivity contribution in [2.45, 2.75) is 58.4 Å². The molecule has 4 heteroatoms. The number of carbonyl (C=O) groups excluding carboxylic acids is 2. The van der Waals surface area contributed by atoms with E-state index in [1.807, 2.05) is 49.1 Å². The largest absolute Gasteiger partial charge is 0.344 e. The molecule has 3 atom stereocenters. The molecular weight excluding hydrogens is 324 g/mol.